The van der Waals surface area contributed by atoms with E-state index in [1.165, 1.54) is 24.3 Å². The predicted molar refractivity (Wildman–Crippen MR) is 68.6 cm³/mol. The van der Waals surface area contributed by atoms with Crippen LogP contribution in [0.5, 0.6) is 0 Å². The highest BCUT2D eigenvalue weighted by molar-refractivity contribution is 7.92. The zero-order valence-electron chi connectivity index (χ0n) is 9.40. The van der Waals surface area contributed by atoms with Crippen molar-refractivity contribution in [1.82, 2.24) is 0 Å². The fourth-order valence-corrected chi connectivity index (χ4v) is 2.69. The van der Waals surface area contributed by atoms with Gasteiger partial charge in [0.2, 0.25) is 0 Å². The minimum absolute atomic E-state index is 0.202. The Balaban J connectivity index is 2.37. The Hall–Kier alpha value is -1.66. The van der Waals surface area contributed by atoms with Crippen LogP contribution in [0.25, 0.3) is 0 Å². The van der Waals surface area contributed by atoms with E-state index < -0.39 is 26.6 Å². The third-order valence-corrected chi connectivity index (χ3v) is 3.93. The van der Waals surface area contributed by atoms with Crippen molar-refractivity contribution in [3.05, 3.63) is 59.1 Å². The van der Waals surface area contributed by atoms with Crippen molar-refractivity contribution < 1.29 is 17.2 Å². The molecule has 0 heterocycles. The van der Waals surface area contributed by atoms with Crippen LogP contribution in [0.3, 0.4) is 0 Å². The Labute approximate surface area is 113 Å². The lowest BCUT2D eigenvalue weighted by Gasteiger charge is -2.09. The summed E-state index contributed by atoms with van der Waals surface area (Å²) in [7, 11) is -4.19. The van der Waals surface area contributed by atoms with Crippen molar-refractivity contribution in [3.63, 3.8) is 0 Å². The van der Waals surface area contributed by atoms with Gasteiger partial charge in [0.15, 0.2) is 0 Å². The smallest absolute Gasteiger partial charge is 0.264 e. The maximum absolute atomic E-state index is 13.4. The number of hydrogen-bond acceptors (Lipinski definition) is 2. The molecule has 100 valence electrons. The number of halogens is 3. The van der Waals surface area contributed by atoms with Crippen molar-refractivity contribution in [2.24, 2.45) is 0 Å². The zero-order chi connectivity index (χ0) is 14.0. The molecule has 0 unspecified atom stereocenters. The number of nitrogens with one attached hydrogen (secondary N) is 1. The first-order valence-corrected chi connectivity index (χ1v) is 6.98. The fourth-order valence-electron chi connectivity index (χ4n) is 1.41. The first kappa shape index (κ1) is 13.8. The molecule has 0 saturated heterocycles. The maximum atomic E-state index is 13.4. The molecule has 3 nitrogen and oxygen atoms in total. The van der Waals surface area contributed by atoms with Gasteiger partial charge in [0.1, 0.15) is 16.5 Å². The van der Waals surface area contributed by atoms with Crippen LogP contribution in [0.15, 0.2) is 47.4 Å². The third-order valence-electron chi connectivity index (χ3n) is 2.28. The second-order valence-electron chi connectivity index (χ2n) is 3.69. The summed E-state index contributed by atoms with van der Waals surface area (Å²) in [6.45, 7) is 0. The molecule has 0 atom stereocenters. The van der Waals surface area contributed by atoms with Gasteiger partial charge in [0.25, 0.3) is 10.0 Å². The van der Waals surface area contributed by atoms with E-state index in [4.69, 9.17) is 11.6 Å². The predicted octanol–water partition coefficient (Wildman–Crippen LogP) is 3.42. The van der Waals surface area contributed by atoms with Crippen LogP contribution in [0, 0.1) is 11.6 Å². The molecule has 0 saturated carbocycles. The number of benzene rings is 2. The van der Waals surface area contributed by atoms with Crippen molar-refractivity contribution >= 4 is 27.3 Å². The van der Waals surface area contributed by atoms with Crippen LogP contribution in [-0.2, 0) is 10.0 Å². The van der Waals surface area contributed by atoms with Crippen LogP contribution in [0.2, 0.25) is 5.02 Å². The van der Waals surface area contributed by atoms with Gasteiger partial charge >= 0.3 is 0 Å². The minimum Gasteiger partial charge on any atom is -0.280 e. The molecule has 0 radical (unpaired) electrons. The van der Waals surface area contributed by atoms with Crippen molar-refractivity contribution in [2.75, 3.05) is 4.72 Å². The zero-order valence-corrected chi connectivity index (χ0v) is 11.0. The Morgan fingerprint density at radius 1 is 1.00 bits per heavy atom. The molecule has 2 aromatic carbocycles. The molecule has 0 aliphatic rings. The molecule has 2 rings (SSSR count). The van der Waals surface area contributed by atoms with Crippen LogP contribution in [0.4, 0.5) is 14.5 Å². The summed E-state index contributed by atoms with van der Waals surface area (Å²) in [5, 5.41) is 0.430. The first-order valence-electron chi connectivity index (χ1n) is 5.12. The van der Waals surface area contributed by atoms with Gasteiger partial charge in [-0.25, -0.2) is 17.2 Å². The lowest BCUT2D eigenvalue weighted by molar-refractivity contribution is 0.555. The Kier molecular flexibility index (Phi) is 3.73. The molecule has 0 spiro atoms. The molecule has 1 N–H and O–H groups in total. The van der Waals surface area contributed by atoms with E-state index in [9.17, 15) is 17.2 Å². The quantitative estimate of drug-likeness (QED) is 0.944. The lowest BCUT2D eigenvalue weighted by Crippen LogP contribution is -2.14. The summed E-state index contributed by atoms with van der Waals surface area (Å²) < 4.78 is 52.4. The van der Waals surface area contributed by atoms with Crippen LogP contribution < -0.4 is 4.72 Å². The van der Waals surface area contributed by atoms with Crippen molar-refractivity contribution in [1.29, 1.82) is 0 Å². The maximum Gasteiger partial charge on any atom is 0.264 e. The molecule has 0 aliphatic carbocycles. The highest BCUT2D eigenvalue weighted by Crippen LogP contribution is 2.21. The molecule has 0 fully saturated rings. The van der Waals surface area contributed by atoms with E-state index in [1.54, 1.807) is 0 Å². The number of anilines is 1. The van der Waals surface area contributed by atoms with E-state index >= 15 is 0 Å². The standard InChI is InChI=1S/C12H8ClF2NO2S/c13-8-1-4-10(5-2-8)16-19(17,18)12-7-9(14)3-6-11(12)15/h1-7,16H. The van der Waals surface area contributed by atoms with Crippen LogP contribution in [-0.4, -0.2) is 8.42 Å². The minimum atomic E-state index is -4.19. The fraction of sp³-hybridized carbons (Fsp3) is 0. The summed E-state index contributed by atoms with van der Waals surface area (Å²) in [5.41, 5.74) is 0.202. The normalized spacial score (nSPS) is 11.3. The first-order chi connectivity index (χ1) is 8.88. The third kappa shape index (κ3) is 3.21. The van der Waals surface area contributed by atoms with Gasteiger partial charge in [0, 0.05) is 10.7 Å². The molecule has 0 amide bonds. The van der Waals surface area contributed by atoms with Gasteiger partial charge in [-0.1, -0.05) is 11.6 Å². The summed E-state index contributed by atoms with van der Waals surface area (Å²) >= 11 is 5.66. The Morgan fingerprint density at radius 2 is 1.63 bits per heavy atom. The van der Waals surface area contributed by atoms with Crippen molar-refractivity contribution in [2.45, 2.75) is 4.90 Å². The van der Waals surface area contributed by atoms with Crippen LogP contribution >= 0.6 is 11.6 Å². The van der Waals surface area contributed by atoms with Gasteiger partial charge in [-0.15, -0.1) is 0 Å². The Bertz CT molecular complexity index is 702. The van der Waals surface area contributed by atoms with E-state index in [-0.39, 0.29) is 5.69 Å². The monoisotopic (exact) mass is 303 g/mol. The molecule has 0 bridgehead atoms. The van der Waals surface area contributed by atoms with Gasteiger partial charge < -0.3 is 0 Å². The highest BCUT2D eigenvalue weighted by Gasteiger charge is 2.19. The number of sulfonamides is 1. The van der Waals surface area contributed by atoms with Gasteiger partial charge in [-0.2, -0.15) is 0 Å². The number of rotatable bonds is 3. The van der Waals surface area contributed by atoms with Gasteiger partial charge in [0.05, 0.1) is 0 Å². The summed E-state index contributed by atoms with van der Waals surface area (Å²) in [6.07, 6.45) is 0. The van der Waals surface area contributed by atoms with Crippen molar-refractivity contribution in [3.8, 4) is 0 Å². The molecule has 0 aliphatic heterocycles. The second-order valence-corrected chi connectivity index (χ2v) is 5.77. The van der Waals surface area contributed by atoms with E-state index in [2.05, 4.69) is 4.72 Å². The SMILES string of the molecule is O=S(=O)(Nc1ccc(Cl)cc1)c1cc(F)ccc1F. The average molecular weight is 304 g/mol. The van der Waals surface area contributed by atoms with E-state index in [0.717, 1.165) is 12.1 Å². The molecule has 19 heavy (non-hydrogen) atoms. The molecule has 2 aromatic rings. The van der Waals surface area contributed by atoms with Gasteiger partial charge in [-0.3, -0.25) is 4.72 Å². The summed E-state index contributed by atoms with van der Waals surface area (Å²) in [6, 6.07) is 7.99. The molecule has 7 heteroatoms. The largest absolute Gasteiger partial charge is 0.280 e. The molecule has 0 aromatic heterocycles. The highest BCUT2D eigenvalue weighted by atomic mass is 35.5. The molecular weight excluding hydrogens is 296 g/mol. The second kappa shape index (κ2) is 5.14. The average Bonchev–Trinajstić information content (AvgIpc) is 2.35. The van der Waals surface area contributed by atoms with E-state index in [1.807, 2.05) is 0 Å². The van der Waals surface area contributed by atoms with Crippen LogP contribution in [0.1, 0.15) is 0 Å². The Morgan fingerprint density at radius 3 is 2.26 bits per heavy atom. The number of hydrogen-bond donors (Lipinski definition) is 1. The molecular formula is C12H8ClF2NO2S. The lowest BCUT2D eigenvalue weighted by atomic mass is 10.3. The van der Waals surface area contributed by atoms with E-state index in [0.29, 0.717) is 11.1 Å². The summed E-state index contributed by atoms with van der Waals surface area (Å²) in [5.74, 6) is -1.86. The van der Waals surface area contributed by atoms with Gasteiger partial charge in [-0.05, 0) is 42.5 Å². The summed E-state index contributed by atoms with van der Waals surface area (Å²) in [4.78, 5) is -0.748. The topological polar surface area (TPSA) is 46.2 Å².